The predicted molar refractivity (Wildman–Crippen MR) is 121 cm³/mol. The SMILES string of the molecule is C=CCc1ccccc1OCCn1c(Cc2ccc(OC)cc2)nc2ccccc21. The molecule has 4 heteroatoms. The Labute approximate surface area is 177 Å². The Balaban J connectivity index is 1.55. The number of para-hydroxylation sites is 3. The molecule has 0 unspecified atom stereocenters. The molecule has 0 spiro atoms. The Bertz CT molecular complexity index is 1130. The standard InChI is InChI=1S/C26H26N2O2/c1-3-8-21-9-4-7-12-25(21)30-18-17-28-24-11-6-5-10-23(24)27-26(28)19-20-13-15-22(29-2)16-14-20/h3-7,9-16H,1,8,17-19H2,2H3. The quantitative estimate of drug-likeness (QED) is 0.352. The fraction of sp³-hybridized carbons (Fsp3) is 0.192. The molecule has 1 heterocycles. The Morgan fingerprint density at radius 3 is 2.53 bits per heavy atom. The Morgan fingerprint density at radius 2 is 1.73 bits per heavy atom. The van der Waals surface area contributed by atoms with Gasteiger partial charge in [0.2, 0.25) is 0 Å². The number of aromatic nitrogens is 2. The second kappa shape index (κ2) is 9.31. The van der Waals surface area contributed by atoms with Crippen LogP contribution in [0.3, 0.4) is 0 Å². The molecule has 0 radical (unpaired) electrons. The number of nitrogens with zero attached hydrogens (tertiary/aromatic N) is 2. The van der Waals surface area contributed by atoms with E-state index in [0.29, 0.717) is 6.61 Å². The van der Waals surface area contributed by atoms with E-state index in [2.05, 4.69) is 47.5 Å². The van der Waals surface area contributed by atoms with Crippen LogP contribution in [-0.2, 0) is 19.4 Å². The van der Waals surface area contributed by atoms with E-state index in [1.807, 2.05) is 42.5 Å². The molecule has 0 bridgehead atoms. The van der Waals surface area contributed by atoms with Crippen LogP contribution in [0, 0.1) is 0 Å². The highest BCUT2D eigenvalue weighted by atomic mass is 16.5. The van der Waals surface area contributed by atoms with Crippen molar-refractivity contribution in [3.63, 3.8) is 0 Å². The molecule has 4 nitrogen and oxygen atoms in total. The fourth-order valence-electron chi connectivity index (χ4n) is 3.65. The van der Waals surface area contributed by atoms with Crippen molar-refractivity contribution < 1.29 is 9.47 Å². The number of imidazole rings is 1. The summed E-state index contributed by atoms with van der Waals surface area (Å²) >= 11 is 0. The van der Waals surface area contributed by atoms with E-state index in [9.17, 15) is 0 Å². The van der Waals surface area contributed by atoms with Gasteiger partial charge in [0.1, 0.15) is 23.9 Å². The summed E-state index contributed by atoms with van der Waals surface area (Å²) in [5.41, 5.74) is 4.49. The van der Waals surface area contributed by atoms with E-state index in [0.717, 1.165) is 53.3 Å². The van der Waals surface area contributed by atoms with Crippen LogP contribution in [0.15, 0.2) is 85.5 Å². The number of rotatable bonds is 9. The highest BCUT2D eigenvalue weighted by Crippen LogP contribution is 2.22. The molecule has 30 heavy (non-hydrogen) atoms. The van der Waals surface area contributed by atoms with Gasteiger partial charge < -0.3 is 14.0 Å². The molecule has 3 aromatic carbocycles. The van der Waals surface area contributed by atoms with Gasteiger partial charge in [-0.25, -0.2) is 4.98 Å². The molecule has 0 atom stereocenters. The average Bonchev–Trinajstić information content (AvgIpc) is 3.13. The number of allylic oxidation sites excluding steroid dienone is 1. The van der Waals surface area contributed by atoms with Crippen LogP contribution in [0.4, 0.5) is 0 Å². The predicted octanol–water partition coefficient (Wildman–Crippen LogP) is 5.44. The second-order valence-electron chi connectivity index (χ2n) is 7.14. The lowest BCUT2D eigenvalue weighted by molar-refractivity contribution is 0.296. The summed E-state index contributed by atoms with van der Waals surface area (Å²) in [5, 5.41) is 0. The molecule has 0 aliphatic carbocycles. The van der Waals surface area contributed by atoms with E-state index < -0.39 is 0 Å². The van der Waals surface area contributed by atoms with Gasteiger partial charge in [-0.15, -0.1) is 6.58 Å². The lowest BCUT2D eigenvalue weighted by Crippen LogP contribution is -2.12. The van der Waals surface area contributed by atoms with Gasteiger partial charge in [0.05, 0.1) is 24.7 Å². The third-order valence-corrected chi connectivity index (χ3v) is 5.16. The molecule has 4 rings (SSSR count). The van der Waals surface area contributed by atoms with Gasteiger partial charge in [-0.3, -0.25) is 0 Å². The summed E-state index contributed by atoms with van der Waals surface area (Å²) < 4.78 is 13.7. The smallest absolute Gasteiger partial charge is 0.122 e. The number of methoxy groups -OCH3 is 1. The van der Waals surface area contributed by atoms with Crippen LogP contribution in [0.2, 0.25) is 0 Å². The maximum absolute atomic E-state index is 6.13. The molecule has 0 fully saturated rings. The first kappa shape index (κ1) is 19.8. The summed E-state index contributed by atoms with van der Waals surface area (Å²) in [6, 6.07) is 24.5. The minimum atomic E-state index is 0.574. The molecule has 0 aliphatic rings. The Morgan fingerprint density at radius 1 is 0.967 bits per heavy atom. The van der Waals surface area contributed by atoms with Crippen molar-refractivity contribution >= 4 is 11.0 Å². The van der Waals surface area contributed by atoms with Gasteiger partial charge in [0.15, 0.2) is 0 Å². The number of ether oxygens (including phenoxy) is 2. The third-order valence-electron chi connectivity index (χ3n) is 5.16. The fourth-order valence-corrected chi connectivity index (χ4v) is 3.65. The van der Waals surface area contributed by atoms with Crippen LogP contribution in [-0.4, -0.2) is 23.3 Å². The molecule has 0 saturated heterocycles. The first-order chi connectivity index (χ1) is 14.8. The molecule has 0 N–H and O–H groups in total. The minimum Gasteiger partial charge on any atom is -0.497 e. The molecular weight excluding hydrogens is 372 g/mol. The Hall–Kier alpha value is -3.53. The molecule has 1 aromatic heterocycles. The largest absolute Gasteiger partial charge is 0.497 e. The van der Waals surface area contributed by atoms with Crippen molar-refractivity contribution in [1.82, 2.24) is 9.55 Å². The zero-order chi connectivity index (χ0) is 20.8. The zero-order valence-electron chi connectivity index (χ0n) is 17.3. The monoisotopic (exact) mass is 398 g/mol. The van der Waals surface area contributed by atoms with Crippen LogP contribution >= 0.6 is 0 Å². The first-order valence-corrected chi connectivity index (χ1v) is 10.2. The summed E-state index contributed by atoms with van der Waals surface area (Å²) in [4.78, 5) is 4.89. The van der Waals surface area contributed by atoms with Crippen LogP contribution in [0.25, 0.3) is 11.0 Å². The molecule has 4 aromatic rings. The van der Waals surface area contributed by atoms with E-state index in [1.54, 1.807) is 7.11 Å². The highest BCUT2D eigenvalue weighted by molar-refractivity contribution is 5.76. The van der Waals surface area contributed by atoms with E-state index in [1.165, 1.54) is 5.56 Å². The maximum Gasteiger partial charge on any atom is 0.122 e. The molecular formula is C26H26N2O2. The van der Waals surface area contributed by atoms with Gasteiger partial charge in [-0.05, 0) is 47.9 Å². The van der Waals surface area contributed by atoms with Gasteiger partial charge in [-0.1, -0.05) is 48.5 Å². The minimum absolute atomic E-state index is 0.574. The van der Waals surface area contributed by atoms with Crippen LogP contribution in [0.5, 0.6) is 11.5 Å². The topological polar surface area (TPSA) is 36.3 Å². The van der Waals surface area contributed by atoms with Gasteiger partial charge >= 0.3 is 0 Å². The first-order valence-electron chi connectivity index (χ1n) is 10.2. The number of fused-ring (bicyclic) bond motifs is 1. The normalized spacial score (nSPS) is 10.8. The second-order valence-corrected chi connectivity index (χ2v) is 7.14. The zero-order valence-corrected chi connectivity index (χ0v) is 17.3. The molecule has 0 saturated carbocycles. The van der Waals surface area contributed by atoms with Crippen LogP contribution < -0.4 is 9.47 Å². The lowest BCUT2D eigenvalue weighted by Gasteiger charge is -2.13. The summed E-state index contributed by atoms with van der Waals surface area (Å²) in [6.07, 6.45) is 3.46. The van der Waals surface area contributed by atoms with Gasteiger partial charge in [0.25, 0.3) is 0 Å². The summed E-state index contributed by atoms with van der Waals surface area (Å²) in [5.74, 6) is 2.81. The van der Waals surface area contributed by atoms with Crippen molar-refractivity contribution in [3.8, 4) is 11.5 Å². The highest BCUT2D eigenvalue weighted by Gasteiger charge is 2.12. The van der Waals surface area contributed by atoms with Gasteiger partial charge in [-0.2, -0.15) is 0 Å². The van der Waals surface area contributed by atoms with Crippen molar-refractivity contribution in [2.45, 2.75) is 19.4 Å². The number of hydrogen-bond donors (Lipinski definition) is 0. The molecule has 0 aliphatic heterocycles. The molecule has 152 valence electrons. The van der Waals surface area contributed by atoms with E-state index in [-0.39, 0.29) is 0 Å². The Kier molecular flexibility index (Phi) is 6.14. The number of hydrogen-bond acceptors (Lipinski definition) is 3. The van der Waals surface area contributed by atoms with E-state index in [4.69, 9.17) is 14.5 Å². The summed E-state index contributed by atoms with van der Waals surface area (Å²) in [7, 11) is 1.68. The van der Waals surface area contributed by atoms with E-state index >= 15 is 0 Å². The van der Waals surface area contributed by atoms with Crippen molar-refractivity contribution in [2.75, 3.05) is 13.7 Å². The van der Waals surface area contributed by atoms with Crippen LogP contribution in [0.1, 0.15) is 17.0 Å². The van der Waals surface area contributed by atoms with Crippen molar-refractivity contribution in [1.29, 1.82) is 0 Å². The average molecular weight is 399 g/mol. The lowest BCUT2D eigenvalue weighted by atomic mass is 10.1. The number of benzene rings is 3. The van der Waals surface area contributed by atoms with Crippen molar-refractivity contribution in [2.24, 2.45) is 0 Å². The third kappa shape index (κ3) is 4.38. The van der Waals surface area contributed by atoms with Gasteiger partial charge in [0, 0.05) is 6.42 Å². The maximum atomic E-state index is 6.13. The van der Waals surface area contributed by atoms with Crippen molar-refractivity contribution in [3.05, 3.63) is 102 Å². The molecule has 0 amide bonds. The summed E-state index contributed by atoms with van der Waals surface area (Å²) in [6.45, 7) is 5.14.